The molecule has 0 amide bonds. The summed E-state index contributed by atoms with van der Waals surface area (Å²) in [4.78, 5) is 0. The van der Waals surface area contributed by atoms with E-state index in [1.165, 1.54) is 25.3 Å². The van der Waals surface area contributed by atoms with E-state index < -0.39 is 0 Å². The molecule has 1 aliphatic rings. The van der Waals surface area contributed by atoms with E-state index in [4.69, 9.17) is 11.6 Å². The molecule has 0 unspecified atom stereocenters. The molecule has 0 aromatic heterocycles. The number of hydrogen-bond acceptors (Lipinski definition) is 0. The molecule has 2 rings (SSSR count). The molecule has 0 nitrogen and oxygen atoms in total. The molecule has 1 fully saturated rings. The normalized spacial score (nSPS) is 18.6. The van der Waals surface area contributed by atoms with E-state index in [9.17, 15) is 4.39 Å². The quantitative estimate of drug-likeness (QED) is 0.717. The third kappa shape index (κ3) is 2.54. The monoisotopic (exact) mass is 290 g/mol. The van der Waals surface area contributed by atoms with Gasteiger partial charge in [-0.25, -0.2) is 4.39 Å². The molecule has 0 bridgehead atoms. The second-order valence-electron chi connectivity index (χ2n) is 4.44. The highest BCUT2D eigenvalue weighted by atomic mass is 79.9. The van der Waals surface area contributed by atoms with E-state index in [0.717, 1.165) is 16.5 Å². The third-order valence-corrected chi connectivity index (χ3v) is 4.22. The van der Waals surface area contributed by atoms with E-state index >= 15 is 0 Å². The maximum Gasteiger partial charge on any atom is 0.124 e. The Hall–Kier alpha value is -0.0800. The van der Waals surface area contributed by atoms with Crippen LogP contribution >= 0.6 is 27.5 Å². The fourth-order valence-electron chi connectivity index (χ4n) is 2.18. The zero-order valence-electron chi connectivity index (χ0n) is 8.40. The van der Waals surface area contributed by atoms with Gasteiger partial charge in [-0.05, 0) is 48.4 Å². The minimum atomic E-state index is -0.177. The molecule has 0 spiro atoms. The first-order valence-electron chi connectivity index (χ1n) is 5.15. The van der Waals surface area contributed by atoms with Crippen LogP contribution in [0.5, 0.6) is 0 Å². The Balaban J connectivity index is 2.16. The summed E-state index contributed by atoms with van der Waals surface area (Å²) in [6, 6.07) is 5.07. The number of benzene rings is 1. The van der Waals surface area contributed by atoms with Crippen molar-refractivity contribution in [3.63, 3.8) is 0 Å². The van der Waals surface area contributed by atoms with Crippen LogP contribution in [0.15, 0.2) is 22.7 Å². The third-order valence-electron chi connectivity index (χ3n) is 3.20. The zero-order valence-corrected chi connectivity index (χ0v) is 10.7. The van der Waals surface area contributed by atoms with E-state index in [1.54, 1.807) is 6.07 Å². The van der Waals surface area contributed by atoms with Crippen LogP contribution in [0.1, 0.15) is 24.8 Å². The summed E-state index contributed by atoms with van der Waals surface area (Å²) in [7, 11) is 0. The molecular weight excluding hydrogens is 278 g/mol. The molecule has 0 aliphatic heterocycles. The smallest absolute Gasteiger partial charge is 0.124 e. The van der Waals surface area contributed by atoms with Crippen LogP contribution in [0.3, 0.4) is 0 Å². The van der Waals surface area contributed by atoms with Gasteiger partial charge in [0.2, 0.25) is 0 Å². The van der Waals surface area contributed by atoms with Crippen LogP contribution in [0, 0.1) is 11.2 Å². The van der Waals surface area contributed by atoms with Gasteiger partial charge in [0.05, 0.1) is 0 Å². The van der Waals surface area contributed by atoms with Gasteiger partial charge in [-0.15, -0.1) is 11.6 Å². The second kappa shape index (κ2) is 4.42. The van der Waals surface area contributed by atoms with Gasteiger partial charge in [0.1, 0.15) is 5.82 Å². The van der Waals surface area contributed by atoms with Crippen molar-refractivity contribution in [2.75, 3.05) is 5.88 Å². The van der Waals surface area contributed by atoms with Crippen molar-refractivity contribution in [3.05, 3.63) is 34.1 Å². The summed E-state index contributed by atoms with van der Waals surface area (Å²) in [5, 5.41) is 0. The van der Waals surface area contributed by atoms with Crippen molar-refractivity contribution in [2.24, 2.45) is 5.41 Å². The summed E-state index contributed by atoms with van der Waals surface area (Å²) in [5.41, 5.74) is 1.27. The molecule has 15 heavy (non-hydrogen) atoms. The van der Waals surface area contributed by atoms with Gasteiger partial charge in [0.25, 0.3) is 0 Å². The van der Waals surface area contributed by atoms with Crippen molar-refractivity contribution in [1.29, 1.82) is 0 Å². The van der Waals surface area contributed by atoms with Crippen LogP contribution in [0.4, 0.5) is 4.39 Å². The molecule has 0 radical (unpaired) electrons. The standard InChI is InChI=1S/C12H13BrClF/c13-10-4-9(5-11(15)6-10)7-12(8-14)2-1-3-12/h4-6H,1-3,7-8H2. The number of hydrogen-bond donors (Lipinski definition) is 0. The van der Waals surface area contributed by atoms with Gasteiger partial charge in [-0.1, -0.05) is 22.4 Å². The van der Waals surface area contributed by atoms with Gasteiger partial charge >= 0.3 is 0 Å². The van der Waals surface area contributed by atoms with Gasteiger partial charge in [0.15, 0.2) is 0 Å². The Morgan fingerprint density at radius 2 is 2.07 bits per heavy atom. The first-order valence-corrected chi connectivity index (χ1v) is 6.47. The Kier molecular flexibility index (Phi) is 3.36. The van der Waals surface area contributed by atoms with Crippen molar-refractivity contribution in [1.82, 2.24) is 0 Å². The first-order chi connectivity index (χ1) is 7.13. The lowest BCUT2D eigenvalue weighted by atomic mass is 9.67. The molecule has 0 atom stereocenters. The molecule has 0 N–H and O–H groups in total. The maximum atomic E-state index is 13.2. The van der Waals surface area contributed by atoms with Crippen LogP contribution in [-0.2, 0) is 6.42 Å². The summed E-state index contributed by atoms with van der Waals surface area (Å²) in [6.07, 6.45) is 4.49. The Bertz CT molecular complexity index is 335. The second-order valence-corrected chi connectivity index (χ2v) is 5.62. The Morgan fingerprint density at radius 1 is 1.33 bits per heavy atom. The molecule has 1 aromatic rings. The molecule has 1 aromatic carbocycles. The topological polar surface area (TPSA) is 0 Å². The van der Waals surface area contributed by atoms with E-state index in [-0.39, 0.29) is 11.2 Å². The van der Waals surface area contributed by atoms with E-state index in [0.29, 0.717) is 5.88 Å². The summed E-state index contributed by atoms with van der Waals surface area (Å²) < 4.78 is 14.0. The Morgan fingerprint density at radius 3 is 2.53 bits per heavy atom. The highest BCUT2D eigenvalue weighted by Crippen LogP contribution is 2.44. The molecule has 0 saturated heterocycles. The van der Waals surface area contributed by atoms with Crippen molar-refractivity contribution in [2.45, 2.75) is 25.7 Å². The van der Waals surface area contributed by atoms with Crippen LogP contribution in [0.2, 0.25) is 0 Å². The predicted molar refractivity (Wildman–Crippen MR) is 64.8 cm³/mol. The summed E-state index contributed by atoms with van der Waals surface area (Å²) >= 11 is 9.29. The van der Waals surface area contributed by atoms with Gasteiger partial charge in [0, 0.05) is 10.4 Å². The highest BCUT2D eigenvalue weighted by molar-refractivity contribution is 9.10. The largest absolute Gasteiger partial charge is 0.207 e. The highest BCUT2D eigenvalue weighted by Gasteiger charge is 2.36. The van der Waals surface area contributed by atoms with Crippen molar-refractivity contribution in [3.8, 4) is 0 Å². The lowest BCUT2D eigenvalue weighted by molar-refractivity contribution is 0.166. The first kappa shape index (κ1) is 11.4. The molecule has 82 valence electrons. The van der Waals surface area contributed by atoms with E-state index in [1.807, 2.05) is 6.07 Å². The van der Waals surface area contributed by atoms with E-state index in [2.05, 4.69) is 15.9 Å². The SMILES string of the molecule is Fc1cc(Br)cc(CC2(CCl)CCC2)c1. The number of rotatable bonds is 3. The lowest BCUT2D eigenvalue weighted by Gasteiger charge is -2.40. The molecule has 1 saturated carbocycles. The molecule has 1 aliphatic carbocycles. The summed E-state index contributed by atoms with van der Waals surface area (Å²) in [5.74, 6) is 0.504. The maximum absolute atomic E-state index is 13.2. The van der Waals surface area contributed by atoms with Crippen LogP contribution in [-0.4, -0.2) is 5.88 Å². The van der Waals surface area contributed by atoms with Crippen molar-refractivity contribution < 1.29 is 4.39 Å². The van der Waals surface area contributed by atoms with Gasteiger partial charge in [-0.3, -0.25) is 0 Å². The predicted octanol–water partition coefficient (Wildman–Crippen LogP) is 4.54. The van der Waals surface area contributed by atoms with Gasteiger partial charge < -0.3 is 0 Å². The molecule has 0 heterocycles. The van der Waals surface area contributed by atoms with Gasteiger partial charge in [-0.2, -0.15) is 0 Å². The fraction of sp³-hybridized carbons (Fsp3) is 0.500. The minimum absolute atomic E-state index is 0.177. The lowest BCUT2D eigenvalue weighted by Crippen LogP contribution is -2.33. The average molecular weight is 292 g/mol. The Labute approximate surface area is 103 Å². The average Bonchev–Trinajstić information content (AvgIpc) is 2.10. The fourth-order valence-corrected chi connectivity index (χ4v) is 3.05. The van der Waals surface area contributed by atoms with Crippen LogP contribution in [0.25, 0.3) is 0 Å². The number of alkyl halides is 1. The molecule has 3 heteroatoms. The summed E-state index contributed by atoms with van der Waals surface area (Å²) in [6.45, 7) is 0. The molecular formula is C12H13BrClF. The minimum Gasteiger partial charge on any atom is -0.207 e. The number of halogens is 3. The zero-order chi connectivity index (χ0) is 10.9. The van der Waals surface area contributed by atoms with Crippen molar-refractivity contribution >= 4 is 27.5 Å². The van der Waals surface area contributed by atoms with Crippen LogP contribution < -0.4 is 0 Å².